The van der Waals surface area contributed by atoms with Crippen molar-refractivity contribution in [3.8, 4) is 5.88 Å². The summed E-state index contributed by atoms with van der Waals surface area (Å²) in [6.45, 7) is 0. The van der Waals surface area contributed by atoms with Gasteiger partial charge >= 0.3 is 5.97 Å². The molecule has 1 aromatic heterocycles. The molecule has 0 fully saturated rings. The first kappa shape index (κ1) is 8.80. The zero-order valence-electron chi connectivity index (χ0n) is 6.24. The lowest BCUT2D eigenvalue weighted by molar-refractivity contribution is 0.0696. The number of ether oxygens (including phenoxy) is 1. The third-order valence-corrected chi connectivity index (χ3v) is 1.65. The quantitative estimate of drug-likeness (QED) is 0.761. The Labute approximate surface area is 73.8 Å². The number of pyridine rings is 1. The van der Waals surface area contributed by atoms with Gasteiger partial charge in [0.1, 0.15) is 5.02 Å². The monoisotopic (exact) mass is 187 g/mol. The van der Waals surface area contributed by atoms with Crippen molar-refractivity contribution >= 4 is 17.6 Å². The van der Waals surface area contributed by atoms with E-state index in [4.69, 9.17) is 21.4 Å². The second-order valence-electron chi connectivity index (χ2n) is 1.99. The molecule has 5 heteroatoms. The van der Waals surface area contributed by atoms with Crippen molar-refractivity contribution in [1.29, 1.82) is 0 Å². The van der Waals surface area contributed by atoms with Gasteiger partial charge < -0.3 is 9.84 Å². The van der Waals surface area contributed by atoms with Crippen molar-refractivity contribution in [1.82, 2.24) is 4.98 Å². The van der Waals surface area contributed by atoms with Gasteiger partial charge in [-0.3, -0.25) is 0 Å². The lowest BCUT2D eigenvalue weighted by Crippen LogP contribution is -1.99. The van der Waals surface area contributed by atoms with Crippen LogP contribution in [0, 0.1) is 0 Å². The van der Waals surface area contributed by atoms with E-state index in [0.29, 0.717) is 0 Å². The molecule has 0 aliphatic carbocycles. The molecule has 0 radical (unpaired) electrons. The lowest BCUT2D eigenvalue weighted by atomic mass is 10.3. The second kappa shape index (κ2) is 3.40. The molecule has 64 valence electrons. The number of halogens is 1. The van der Waals surface area contributed by atoms with Gasteiger partial charge in [-0.2, -0.15) is 0 Å². The summed E-state index contributed by atoms with van der Waals surface area (Å²) < 4.78 is 4.73. The number of methoxy groups -OCH3 is 1. The average molecular weight is 188 g/mol. The highest BCUT2D eigenvalue weighted by atomic mass is 35.5. The van der Waals surface area contributed by atoms with E-state index < -0.39 is 5.97 Å². The smallest absolute Gasteiger partial charge is 0.337 e. The summed E-state index contributed by atoms with van der Waals surface area (Å²) >= 11 is 5.64. The van der Waals surface area contributed by atoms with E-state index in [9.17, 15) is 4.79 Å². The molecular formula is C7H6ClNO3. The first-order valence-corrected chi connectivity index (χ1v) is 3.46. The highest BCUT2D eigenvalue weighted by molar-refractivity contribution is 6.34. The fourth-order valence-corrected chi connectivity index (χ4v) is 1.00. The Hall–Kier alpha value is -1.29. The third-order valence-electron chi connectivity index (χ3n) is 1.28. The fourth-order valence-electron chi connectivity index (χ4n) is 0.732. The molecule has 0 unspecified atom stereocenters. The minimum Gasteiger partial charge on any atom is -0.480 e. The summed E-state index contributed by atoms with van der Waals surface area (Å²) in [7, 11) is 1.37. The van der Waals surface area contributed by atoms with Gasteiger partial charge in [-0.1, -0.05) is 11.6 Å². The van der Waals surface area contributed by atoms with Gasteiger partial charge in [-0.25, -0.2) is 9.78 Å². The minimum atomic E-state index is -1.10. The van der Waals surface area contributed by atoms with Crippen molar-refractivity contribution in [3.63, 3.8) is 0 Å². The van der Waals surface area contributed by atoms with Gasteiger partial charge in [0, 0.05) is 6.20 Å². The van der Waals surface area contributed by atoms with Gasteiger partial charge in [-0.05, 0) is 6.07 Å². The number of hydrogen-bond acceptors (Lipinski definition) is 3. The van der Waals surface area contributed by atoms with Gasteiger partial charge in [-0.15, -0.1) is 0 Å². The van der Waals surface area contributed by atoms with E-state index in [1.165, 1.54) is 19.4 Å². The lowest BCUT2D eigenvalue weighted by Gasteiger charge is -2.02. The molecule has 0 bridgehead atoms. The number of carboxylic acid groups (broad SMARTS) is 1. The summed E-state index contributed by atoms with van der Waals surface area (Å²) in [6.07, 6.45) is 1.33. The van der Waals surface area contributed by atoms with E-state index in [-0.39, 0.29) is 16.5 Å². The maximum Gasteiger partial charge on any atom is 0.337 e. The maximum absolute atomic E-state index is 10.5. The van der Waals surface area contributed by atoms with Gasteiger partial charge in [0.15, 0.2) is 0 Å². The van der Waals surface area contributed by atoms with E-state index in [1.807, 2.05) is 0 Å². The Balaban J connectivity index is 3.23. The van der Waals surface area contributed by atoms with E-state index in [1.54, 1.807) is 0 Å². The van der Waals surface area contributed by atoms with Crippen molar-refractivity contribution in [3.05, 3.63) is 22.8 Å². The summed E-state index contributed by atoms with van der Waals surface area (Å²) in [4.78, 5) is 14.2. The Bertz CT molecular complexity index is 314. The van der Waals surface area contributed by atoms with E-state index >= 15 is 0 Å². The molecule has 0 aliphatic heterocycles. The minimum absolute atomic E-state index is 0.0106. The average Bonchev–Trinajstić information content (AvgIpc) is 2.04. The normalized spacial score (nSPS) is 9.50. The number of carboxylic acids is 1. The standard InChI is InChI=1S/C7H6ClNO3/c1-12-6-5(8)4(7(10)11)2-3-9-6/h2-3H,1H3,(H,10,11). The summed E-state index contributed by atoms with van der Waals surface area (Å²) in [5, 5.41) is 8.64. The molecule has 12 heavy (non-hydrogen) atoms. The highest BCUT2D eigenvalue weighted by Gasteiger charge is 2.12. The molecule has 0 aliphatic rings. The van der Waals surface area contributed by atoms with Crippen LogP contribution in [0.4, 0.5) is 0 Å². The summed E-state index contributed by atoms with van der Waals surface area (Å²) in [5.74, 6) is -0.975. The molecule has 0 atom stereocenters. The van der Waals surface area contributed by atoms with E-state index in [2.05, 4.69) is 4.98 Å². The SMILES string of the molecule is COc1nccc(C(=O)O)c1Cl. The van der Waals surface area contributed by atoms with Crippen LogP contribution >= 0.6 is 11.6 Å². The zero-order valence-corrected chi connectivity index (χ0v) is 7.00. The molecule has 0 spiro atoms. The third kappa shape index (κ3) is 1.48. The molecule has 4 nitrogen and oxygen atoms in total. The number of rotatable bonds is 2. The van der Waals surface area contributed by atoms with Crippen LogP contribution in [0.25, 0.3) is 0 Å². The van der Waals surface area contributed by atoms with Crippen LogP contribution in [-0.2, 0) is 0 Å². The van der Waals surface area contributed by atoms with Crippen LogP contribution in [0.2, 0.25) is 5.02 Å². The number of aromatic carboxylic acids is 1. The molecule has 1 aromatic rings. The number of carbonyl (C=O) groups is 1. The van der Waals surface area contributed by atoms with Gasteiger partial charge in [0.05, 0.1) is 12.7 Å². The molecular weight excluding hydrogens is 182 g/mol. The van der Waals surface area contributed by atoms with Crippen molar-refractivity contribution in [2.45, 2.75) is 0 Å². The first-order chi connectivity index (χ1) is 5.66. The van der Waals surface area contributed by atoms with Crippen molar-refractivity contribution in [2.75, 3.05) is 7.11 Å². The summed E-state index contributed by atoms with van der Waals surface area (Å²) in [5.41, 5.74) is -0.0106. The Morgan fingerprint density at radius 1 is 1.75 bits per heavy atom. The molecule has 0 amide bonds. The molecule has 0 saturated carbocycles. The molecule has 1 N–H and O–H groups in total. The predicted octanol–water partition coefficient (Wildman–Crippen LogP) is 1.44. The van der Waals surface area contributed by atoms with Crippen LogP contribution in [0.5, 0.6) is 5.88 Å². The number of hydrogen-bond donors (Lipinski definition) is 1. The second-order valence-corrected chi connectivity index (χ2v) is 2.36. The predicted molar refractivity (Wildman–Crippen MR) is 42.8 cm³/mol. The fraction of sp³-hybridized carbons (Fsp3) is 0.143. The number of nitrogens with zero attached hydrogens (tertiary/aromatic N) is 1. The van der Waals surface area contributed by atoms with Crippen molar-refractivity contribution in [2.24, 2.45) is 0 Å². The van der Waals surface area contributed by atoms with E-state index in [0.717, 1.165) is 0 Å². The van der Waals surface area contributed by atoms with Crippen molar-refractivity contribution < 1.29 is 14.6 Å². The van der Waals surface area contributed by atoms with Gasteiger partial charge in [0.25, 0.3) is 0 Å². The molecule has 0 aromatic carbocycles. The van der Waals surface area contributed by atoms with Crippen LogP contribution in [0.15, 0.2) is 12.3 Å². The number of aromatic nitrogens is 1. The van der Waals surface area contributed by atoms with Crippen LogP contribution in [0.3, 0.4) is 0 Å². The maximum atomic E-state index is 10.5. The first-order valence-electron chi connectivity index (χ1n) is 3.08. The Morgan fingerprint density at radius 3 is 2.92 bits per heavy atom. The molecule has 1 heterocycles. The zero-order chi connectivity index (χ0) is 9.14. The summed E-state index contributed by atoms with van der Waals surface area (Å²) in [6, 6.07) is 1.31. The Morgan fingerprint density at radius 2 is 2.42 bits per heavy atom. The van der Waals surface area contributed by atoms with Gasteiger partial charge in [0.2, 0.25) is 5.88 Å². The molecule has 0 saturated heterocycles. The van der Waals surface area contributed by atoms with Crippen LogP contribution in [-0.4, -0.2) is 23.2 Å². The largest absolute Gasteiger partial charge is 0.480 e. The molecule has 1 rings (SSSR count). The van der Waals surface area contributed by atoms with Crippen LogP contribution < -0.4 is 4.74 Å². The Kier molecular flexibility index (Phi) is 2.50. The highest BCUT2D eigenvalue weighted by Crippen LogP contribution is 2.24. The van der Waals surface area contributed by atoms with Crippen LogP contribution in [0.1, 0.15) is 10.4 Å². The topological polar surface area (TPSA) is 59.4 Å².